The molecule has 9 nitrogen and oxygen atoms in total. The third kappa shape index (κ3) is 7.21. The molecule has 39 heavy (non-hydrogen) atoms. The lowest BCUT2D eigenvalue weighted by atomic mass is 10.0. The van der Waals surface area contributed by atoms with E-state index in [2.05, 4.69) is 82.9 Å². The van der Waals surface area contributed by atoms with Crippen LogP contribution >= 0.6 is 15.9 Å². The standard InChI is InChI=1S/C29H43BrN8O/c1-20(2)32-28(39)24-5-4-6-26(24)34-27-25(30)19-31-29(35-27)33-21-7-9-22(10-8-21)37-13-11-23(12-14-37)38-17-15-36(3)16-18-38/h7-10,19-20,23-24,26H,4-6,11-18H2,1-3H3,(H,32,39)(H2,31,33,34,35)/t24-,26-/m0/s1. The van der Waals surface area contributed by atoms with Crippen molar-refractivity contribution in [3.63, 3.8) is 0 Å². The Hall–Kier alpha value is -2.43. The van der Waals surface area contributed by atoms with Gasteiger partial charge in [-0.2, -0.15) is 4.98 Å². The zero-order valence-corrected chi connectivity index (χ0v) is 25.1. The summed E-state index contributed by atoms with van der Waals surface area (Å²) < 4.78 is 0.790. The minimum absolute atomic E-state index is 0.0511. The molecule has 3 N–H and O–H groups in total. The highest BCUT2D eigenvalue weighted by Crippen LogP contribution is 2.32. The van der Waals surface area contributed by atoms with E-state index in [1.54, 1.807) is 6.20 Å². The monoisotopic (exact) mass is 598 g/mol. The number of carbonyl (C=O) groups excluding carboxylic acids is 1. The normalized spacial score (nSPS) is 23.3. The fourth-order valence-corrected chi connectivity index (χ4v) is 6.41. The summed E-state index contributed by atoms with van der Waals surface area (Å²) in [5.74, 6) is 1.31. The Morgan fingerprint density at radius 2 is 1.72 bits per heavy atom. The Kier molecular flexibility index (Phi) is 9.25. The number of nitrogens with one attached hydrogen (secondary N) is 3. The fourth-order valence-electron chi connectivity index (χ4n) is 6.10. The Morgan fingerprint density at radius 1 is 1.00 bits per heavy atom. The molecule has 0 radical (unpaired) electrons. The Balaban J connectivity index is 1.16. The molecular formula is C29H43BrN8O. The average Bonchev–Trinajstić information content (AvgIpc) is 3.40. The van der Waals surface area contributed by atoms with E-state index in [-0.39, 0.29) is 23.9 Å². The lowest BCUT2D eigenvalue weighted by Gasteiger charge is -2.42. The maximum absolute atomic E-state index is 12.7. The molecule has 1 aliphatic carbocycles. The van der Waals surface area contributed by atoms with Crippen LogP contribution in [0.4, 0.5) is 23.1 Å². The second kappa shape index (κ2) is 12.8. The van der Waals surface area contributed by atoms with E-state index in [9.17, 15) is 4.79 Å². The molecule has 2 atom stereocenters. The first-order valence-corrected chi connectivity index (χ1v) is 15.3. The smallest absolute Gasteiger partial charge is 0.229 e. The number of aromatic nitrogens is 2. The van der Waals surface area contributed by atoms with Gasteiger partial charge < -0.3 is 25.8 Å². The molecule has 3 heterocycles. The number of piperazine rings is 1. The van der Waals surface area contributed by atoms with Crippen LogP contribution in [0.3, 0.4) is 0 Å². The predicted molar refractivity (Wildman–Crippen MR) is 162 cm³/mol. The van der Waals surface area contributed by atoms with E-state index >= 15 is 0 Å². The molecule has 3 aliphatic rings. The van der Waals surface area contributed by atoms with Crippen molar-refractivity contribution < 1.29 is 4.79 Å². The van der Waals surface area contributed by atoms with Gasteiger partial charge in [-0.25, -0.2) is 4.98 Å². The van der Waals surface area contributed by atoms with Crippen molar-refractivity contribution in [1.82, 2.24) is 25.1 Å². The van der Waals surface area contributed by atoms with Gasteiger partial charge in [0.05, 0.1) is 10.4 Å². The van der Waals surface area contributed by atoms with Crippen molar-refractivity contribution in [3.8, 4) is 0 Å². The zero-order valence-electron chi connectivity index (χ0n) is 23.5. The molecule has 0 unspecified atom stereocenters. The highest BCUT2D eigenvalue weighted by molar-refractivity contribution is 9.10. The van der Waals surface area contributed by atoms with Crippen LogP contribution in [0.15, 0.2) is 34.9 Å². The van der Waals surface area contributed by atoms with Gasteiger partial charge in [0, 0.05) is 75.0 Å². The van der Waals surface area contributed by atoms with Gasteiger partial charge in [-0.05, 0) is 86.8 Å². The number of amides is 1. The summed E-state index contributed by atoms with van der Waals surface area (Å²) in [6.45, 7) is 11.0. The van der Waals surface area contributed by atoms with E-state index in [0.29, 0.717) is 11.8 Å². The van der Waals surface area contributed by atoms with Crippen molar-refractivity contribution in [2.45, 2.75) is 64.1 Å². The highest BCUT2D eigenvalue weighted by atomic mass is 79.9. The number of benzene rings is 1. The molecule has 2 aliphatic heterocycles. The molecule has 2 saturated heterocycles. The summed E-state index contributed by atoms with van der Waals surface area (Å²) >= 11 is 3.58. The SMILES string of the molecule is CC(C)NC(=O)[C@H]1CCC[C@@H]1Nc1nc(Nc2ccc(N3CCC(N4CCN(C)CC4)CC3)cc2)ncc1Br. The molecule has 0 spiro atoms. The lowest BCUT2D eigenvalue weighted by Crippen LogP contribution is -2.52. The molecule has 1 aromatic heterocycles. The molecule has 212 valence electrons. The second-order valence-corrected chi connectivity index (χ2v) is 12.4. The van der Waals surface area contributed by atoms with Crippen LogP contribution in [-0.4, -0.2) is 90.1 Å². The number of rotatable bonds is 8. The van der Waals surface area contributed by atoms with Gasteiger partial charge in [0.15, 0.2) is 0 Å². The molecule has 2 aromatic rings. The first-order valence-electron chi connectivity index (χ1n) is 14.5. The summed E-state index contributed by atoms with van der Waals surface area (Å²) in [4.78, 5) is 29.5. The number of piperidine rings is 1. The maximum Gasteiger partial charge on any atom is 0.229 e. The van der Waals surface area contributed by atoms with Crippen LogP contribution in [0.5, 0.6) is 0 Å². The van der Waals surface area contributed by atoms with Crippen LogP contribution in [-0.2, 0) is 4.79 Å². The third-order valence-corrected chi connectivity index (χ3v) is 8.94. The van der Waals surface area contributed by atoms with Crippen molar-refractivity contribution >= 4 is 45.0 Å². The van der Waals surface area contributed by atoms with Crippen LogP contribution in [0.2, 0.25) is 0 Å². The molecule has 10 heteroatoms. The van der Waals surface area contributed by atoms with Gasteiger partial charge >= 0.3 is 0 Å². The Morgan fingerprint density at radius 3 is 2.41 bits per heavy atom. The highest BCUT2D eigenvalue weighted by Gasteiger charge is 2.34. The molecule has 3 fully saturated rings. The fraction of sp³-hybridized carbons (Fsp3) is 0.621. The van der Waals surface area contributed by atoms with E-state index < -0.39 is 0 Å². The van der Waals surface area contributed by atoms with Crippen molar-refractivity contribution in [3.05, 3.63) is 34.9 Å². The first-order chi connectivity index (χ1) is 18.9. The van der Waals surface area contributed by atoms with Crippen molar-refractivity contribution in [2.75, 3.05) is 61.8 Å². The van der Waals surface area contributed by atoms with Crippen LogP contribution in [0.1, 0.15) is 46.0 Å². The number of carbonyl (C=O) groups is 1. The molecular weight excluding hydrogens is 556 g/mol. The van der Waals surface area contributed by atoms with Crippen LogP contribution in [0.25, 0.3) is 0 Å². The number of hydrogen-bond donors (Lipinski definition) is 3. The molecule has 1 aromatic carbocycles. The average molecular weight is 600 g/mol. The molecule has 1 amide bonds. The number of hydrogen-bond acceptors (Lipinski definition) is 8. The minimum atomic E-state index is -0.0511. The predicted octanol–water partition coefficient (Wildman–Crippen LogP) is 4.30. The quantitative estimate of drug-likeness (QED) is 0.414. The maximum atomic E-state index is 12.7. The van der Waals surface area contributed by atoms with Gasteiger partial charge in [-0.15, -0.1) is 0 Å². The van der Waals surface area contributed by atoms with Gasteiger partial charge in [0.1, 0.15) is 5.82 Å². The largest absolute Gasteiger partial charge is 0.371 e. The number of nitrogens with zero attached hydrogens (tertiary/aromatic N) is 5. The summed E-state index contributed by atoms with van der Waals surface area (Å²) in [5, 5.41) is 9.92. The van der Waals surface area contributed by atoms with Crippen molar-refractivity contribution in [2.24, 2.45) is 5.92 Å². The number of anilines is 4. The Bertz CT molecular complexity index is 1100. The molecule has 5 rings (SSSR count). The summed E-state index contributed by atoms with van der Waals surface area (Å²) in [7, 11) is 2.22. The second-order valence-electron chi connectivity index (χ2n) is 11.6. The van der Waals surface area contributed by atoms with Crippen molar-refractivity contribution in [1.29, 1.82) is 0 Å². The topological polar surface area (TPSA) is 88.7 Å². The van der Waals surface area contributed by atoms with E-state index in [0.717, 1.165) is 48.6 Å². The van der Waals surface area contributed by atoms with Gasteiger partial charge in [0.2, 0.25) is 11.9 Å². The van der Waals surface area contributed by atoms with E-state index in [1.807, 2.05) is 13.8 Å². The zero-order chi connectivity index (χ0) is 27.4. The van der Waals surface area contributed by atoms with Gasteiger partial charge in [-0.3, -0.25) is 9.69 Å². The number of likely N-dealkylation sites (N-methyl/N-ethyl adjacent to an activating group) is 1. The lowest BCUT2D eigenvalue weighted by molar-refractivity contribution is -0.125. The summed E-state index contributed by atoms with van der Waals surface area (Å²) in [6.07, 6.45) is 7.09. The minimum Gasteiger partial charge on any atom is -0.371 e. The van der Waals surface area contributed by atoms with Crippen LogP contribution in [0, 0.1) is 5.92 Å². The van der Waals surface area contributed by atoms with Gasteiger partial charge in [0.25, 0.3) is 0 Å². The van der Waals surface area contributed by atoms with Crippen LogP contribution < -0.4 is 20.9 Å². The summed E-state index contributed by atoms with van der Waals surface area (Å²) in [6, 6.07) is 9.49. The van der Waals surface area contributed by atoms with E-state index in [1.165, 1.54) is 44.7 Å². The molecule has 1 saturated carbocycles. The first kappa shape index (κ1) is 28.1. The van der Waals surface area contributed by atoms with Gasteiger partial charge in [-0.1, -0.05) is 6.42 Å². The van der Waals surface area contributed by atoms with E-state index in [4.69, 9.17) is 4.98 Å². The molecule has 0 bridgehead atoms. The third-order valence-electron chi connectivity index (χ3n) is 8.36. The summed E-state index contributed by atoms with van der Waals surface area (Å²) in [5.41, 5.74) is 2.22. The number of halogens is 1. The Labute approximate surface area is 241 Å².